The van der Waals surface area contributed by atoms with Crippen LogP contribution in [0.5, 0.6) is 0 Å². The zero-order chi connectivity index (χ0) is 21.7. The van der Waals surface area contributed by atoms with Crippen LogP contribution in [0.25, 0.3) is 0 Å². The Bertz CT molecular complexity index is 943. The molecule has 2 N–H and O–H groups in total. The van der Waals surface area contributed by atoms with Crippen LogP contribution in [0.2, 0.25) is 0 Å². The van der Waals surface area contributed by atoms with E-state index < -0.39 is 23.9 Å². The number of hydrogen-bond donors (Lipinski definition) is 2. The molecule has 29 heavy (non-hydrogen) atoms. The largest absolute Gasteiger partial charge is 0.462 e. The fourth-order valence-corrected chi connectivity index (χ4v) is 2.77. The third-order valence-electron chi connectivity index (χ3n) is 4.33. The van der Waals surface area contributed by atoms with Gasteiger partial charge in [0.1, 0.15) is 5.69 Å². The van der Waals surface area contributed by atoms with Crippen molar-refractivity contribution in [1.29, 1.82) is 0 Å². The van der Waals surface area contributed by atoms with Gasteiger partial charge in [0.2, 0.25) is 0 Å². The van der Waals surface area contributed by atoms with Crippen LogP contribution in [0.3, 0.4) is 0 Å². The molecule has 0 bridgehead atoms. The normalized spacial score (nSPS) is 11.5. The highest BCUT2D eigenvalue weighted by Crippen LogP contribution is 2.20. The number of aryl methyl sites for hydroxylation is 1. The van der Waals surface area contributed by atoms with E-state index in [1.54, 1.807) is 45.0 Å². The molecular formula is C21H24N2O6. The number of amides is 1. The van der Waals surface area contributed by atoms with Gasteiger partial charge in [0.05, 0.1) is 12.2 Å². The smallest absolute Gasteiger partial charge is 0.355 e. The number of ether oxygens (including phenoxy) is 2. The third kappa shape index (κ3) is 5.10. The first kappa shape index (κ1) is 21.9. The fraction of sp³-hybridized carbons (Fsp3) is 0.333. The van der Waals surface area contributed by atoms with E-state index in [1.165, 1.54) is 13.8 Å². The molecular weight excluding hydrogens is 376 g/mol. The molecule has 0 aliphatic rings. The molecule has 0 aliphatic carbocycles. The number of anilines is 1. The van der Waals surface area contributed by atoms with Gasteiger partial charge in [0.15, 0.2) is 11.9 Å². The Morgan fingerprint density at radius 2 is 1.69 bits per heavy atom. The summed E-state index contributed by atoms with van der Waals surface area (Å²) >= 11 is 0. The number of esters is 2. The molecule has 0 spiro atoms. The minimum absolute atomic E-state index is 0.0797. The van der Waals surface area contributed by atoms with Crippen LogP contribution in [-0.2, 0) is 14.3 Å². The van der Waals surface area contributed by atoms with Gasteiger partial charge in [-0.2, -0.15) is 0 Å². The Morgan fingerprint density at radius 1 is 1.07 bits per heavy atom. The second-order valence-electron chi connectivity index (χ2n) is 6.52. The van der Waals surface area contributed by atoms with Gasteiger partial charge in [-0.05, 0) is 64.4 Å². The number of nitrogens with one attached hydrogen (secondary N) is 2. The predicted molar refractivity (Wildman–Crippen MR) is 106 cm³/mol. The average molecular weight is 400 g/mol. The van der Waals surface area contributed by atoms with Crippen molar-refractivity contribution in [3.05, 3.63) is 52.3 Å². The van der Waals surface area contributed by atoms with E-state index in [9.17, 15) is 19.2 Å². The molecule has 1 unspecified atom stereocenters. The maximum Gasteiger partial charge on any atom is 0.355 e. The molecule has 8 heteroatoms. The van der Waals surface area contributed by atoms with Crippen LogP contribution in [0.4, 0.5) is 5.69 Å². The Morgan fingerprint density at radius 3 is 2.24 bits per heavy atom. The van der Waals surface area contributed by atoms with Gasteiger partial charge in [0, 0.05) is 16.9 Å². The summed E-state index contributed by atoms with van der Waals surface area (Å²) in [5.41, 5.74) is 2.25. The summed E-state index contributed by atoms with van der Waals surface area (Å²) in [7, 11) is 0. The number of aromatic nitrogens is 1. The molecule has 1 aromatic heterocycles. The van der Waals surface area contributed by atoms with Crippen molar-refractivity contribution < 1.29 is 28.7 Å². The number of aromatic amines is 1. The second-order valence-corrected chi connectivity index (χ2v) is 6.52. The quantitative estimate of drug-likeness (QED) is 0.545. The molecule has 0 aliphatic heterocycles. The van der Waals surface area contributed by atoms with Crippen LogP contribution in [0.15, 0.2) is 24.3 Å². The monoisotopic (exact) mass is 400 g/mol. The molecule has 0 saturated heterocycles. The summed E-state index contributed by atoms with van der Waals surface area (Å²) in [6.45, 7) is 8.05. The first-order valence-corrected chi connectivity index (χ1v) is 9.14. The molecule has 0 fully saturated rings. The molecule has 1 aromatic carbocycles. The number of carbonyl (C=O) groups excluding carboxylic acids is 4. The van der Waals surface area contributed by atoms with E-state index in [4.69, 9.17) is 9.47 Å². The highest BCUT2D eigenvalue weighted by molar-refractivity contribution is 6.01. The minimum atomic E-state index is -1.08. The first-order chi connectivity index (χ1) is 13.6. The van der Waals surface area contributed by atoms with Crippen LogP contribution in [0, 0.1) is 13.8 Å². The van der Waals surface area contributed by atoms with Crippen LogP contribution < -0.4 is 5.32 Å². The van der Waals surface area contributed by atoms with E-state index >= 15 is 0 Å². The van der Waals surface area contributed by atoms with E-state index in [-0.39, 0.29) is 23.6 Å². The Balaban J connectivity index is 2.06. The van der Waals surface area contributed by atoms with E-state index in [0.717, 1.165) is 0 Å². The summed E-state index contributed by atoms with van der Waals surface area (Å²) in [6, 6.07) is 6.37. The summed E-state index contributed by atoms with van der Waals surface area (Å²) in [5.74, 6) is -1.89. The number of ketones is 1. The number of Topliss-reactive ketones (excluding diaryl/α,β-unsaturated/α-hetero) is 1. The second kappa shape index (κ2) is 9.18. The lowest BCUT2D eigenvalue weighted by atomic mass is 10.1. The van der Waals surface area contributed by atoms with Gasteiger partial charge < -0.3 is 19.8 Å². The number of hydrogen-bond acceptors (Lipinski definition) is 6. The van der Waals surface area contributed by atoms with Gasteiger partial charge in [-0.3, -0.25) is 9.59 Å². The van der Waals surface area contributed by atoms with Crippen molar-refractivity contribution in [3.63, 3.8) is 0 Å². The summed E-state index contributed by atoms with van der Waals surface area (Å²) in [6.07, 6.45) is -1.08. The van der Waals surface area contributed by atoms with E-state index in [0.29, 0.717) is 22.5 Å². The number of H-pyrrole nitrogens is 1. The van der Waals surface area contributed by atoms with Gasteiger partial charge >= 0.3 is 11.9 Å². The van der Waals surface area contributed by atoms with E-state index in [2.05, 4.69) is 10.3 Å². The number of carbonyl (C=O) groups is 4. The molecule has 1 amide bonds. The maximum atomic E-state index is 12.5. The van der Waals surface area contributed by atoms with Crippen molar-refractivity contribution in [2.75, 3.05) is 11.9 Å². The zero-order valence-electron chi connectivity index (χ0n) is 17.0. The molecule has 1 atom stereocenters. The maximum absolute atomic E-state index is 12.5. The van der Waals surface area contributed by atoms with Crippen molar-refractivity contribution in [2.45, 2.75) is 40.7 Å². The molecule has 2 rings (SSSR count). The number of rotatable bonds is 7. The average Bonchev–Trinajstić information content (AvgIpc) is 2.96. The lowest BCUT2D eigenvalue weighted by Gasteiger charge is -2.13. The fourth-order valence-electron chi connectivity index (χ4n) is 2.77. The lowest BCUT2D eigenvalue weighted by molar-refractivity contribution is -0.123. The molecule has 0 saturated carbocycles. The highest BCUT2D eigenvalue weighted by Gasteiger charge is 2.26. The zero-order valence-corrected chi connectivity index (χ0v) is 17.0. The van der Waals surface area contributed by atoms with Crippen molar-refractivity contribution in [1.82, 2.24) is 4.98 Å². The van der Waals surface area contributed by atoms with Crippen LogP contribution >= 0.6 is 0 Å². The first-order valence-electron chi connectivity index (χ1n) is 9.14. The Kier molecular flexibility index (Phi) is 6.93. The van der Waals surface area contributed by atoms with Crippen molar-refractivity contribution in [3.8, 4) is 0 Å². The molecule has 8 nitrogen and oxygen atoms in total. The Labute approximate surface area is 168 Å². The standard InChI is InChI=1S/C21H24N2O6/c1-6-28-20(26)17-11(2)18(22-12(17)3)21(27)29-14(5)19(25)23-16-9-7-15(8-10-16)13(4)24/h7-10,14,22H,6H2,1-5H3,(H,23,25). The topological polar surface area (TPSA) is 115 Å². The Hall–Kier alpha value is -3.42. The van der Waals surface area contributed by atoms with Crippen LogP contribution in [0.1, 0.15) is 63.2 Å². The summed E-state index contributed by atoms with van der Waals surface area (Å²) in [4.78, 5) is 50.9. The van der Waals surface area contributed by atoms with Crippen LogP contribution in [-0.4, -0.2) is 41.3 Å². The van der Waals surface area contributed by atoms with Crippen molar-refractivity contribution >= 4 is 29.3 Å². The lowest BCUT2D eigenvalue weighted by Crippen LogP contribution is -2.30. The summed E-state index contributed by atoms with van der Waals surface area (Å²) in [5, 5.41) is 2.62. The SMILES string of the molecule is CCOC(=O)c1c(C)[nH]c(C(=O)OC(C)C(=O)Nc2ccc(C(C)=O)cc2)c1C. The third-order valence-corrected chi connectivity index (χ3v) is 4.33. The number of benzene rings is 1. The molecule has 0 radical (unpaired) electrons. The van der Waals surface area contributed by atoms with Gasteiger partial charge in [-0.1, -0.05) is 0 Å². The van der Waals surface area contributed by atoms with E-state index in [1.807, 2.05) is 0 Å². The molecule has 154 valence electrons. The summed E-state index contributed by atoms with van der Waals surface area (Å²) < 4.78 is 10.2. The predicted octanol–water partition coefficient (Wildman–Crippen LogP) is 3.19. The molecule has 2 aromatic rings. The highest BCUT2D eigenvalue weighted by atomic mass is 16.5. The van der Waals surface area contributed by atoms with Crippen molar-refractivity contribution in [2.24, 2.45) is 0 Å². The molecule has 1 heterocycles. The minimum Gasteiger partial charge on any atom is -0.462 e. The van der Waals surface area contributed by atoms with Gasteiger partial charge in [-0.25, -0.2) is 9.59 Å². The van der Waals surface area contributed by atoms with Gasteiger partial charge in [0.25, 0.3) is 5.91 Å². The van der Waals surface area contributed by atoms with Gasteiger partial charge in [-0.15, -0.1) is 0 Å².